The Balaban J connectivity index is 2.34. The zero-order chi connectivity index (χ0) is 18.6. The molecule has 0 heterocycles. The predicted octanol–water partition coefficient (Wildman–Crippen LogP) is 2.94. The Morgan fingerprint density at radius 2 is 1.84 bits per heavy atom. The minimum atomic E-state index is -3.86. The number of nitrogens with one attached hydrogen (secondary N) is 2. The molecular weight excluding hydrogens is 340 g/mol. The van der Waals surface area contributed by atoms with Crippen LogP contribution in [0.2, 0.25) is 0 Å². The van der Waals surface area contributed by atoms with Crippen molar-refractivity contribution < 1.29 is 17.9 Å². The Kier molecular flexibility index (Phi) is 5.69. The molecule has 0 aliphatic rings. The number of rotatable bonds is 6. The molecule has 2 aromatic rings. The van der Waals surface area contributed by atoms with Crippen LogP contribution in [-0.4, -0.2) is 27.5 Å². The van der Waals surface area contributed by atoms with Crippen molar-refractivity contribution in [1.82, 2.24) is 5.32 Å². The van der Waals surface area contributed by atoms with E-state index in [1.54, 1.807) is 18.2 Å². The number of anilines is 1. The Morgan fingerprint density at radius 3 is 2.48 bits per heavy atom. The maximum atomic E-state index is 12.7. The van der Waals surface area contributed by atoms with Gasteiger partial charge in [-0.1, -0.05) is 12.1 Å². The van der Waals surface area contributed by atoms with Crippen LogP contribution >= 0.6 is 0 Å². The van der Waals surface area contributed by atoms with Crippen molar-refractivity contribution in [2.45, 2.75) is 31.7 Å². The van der Waals surface area contributed by atoms with Gasteiger partial charge in [0.05, 0.1) is 17.7 Å². The average molecular weight is 362 g/mol. The van der Waals surface area contributed by atoms with Gasteiger partial charge in [-0.25, -0.2) is 8.42 Å². The second-order valence-corrected chi connectivity index (χ2v) is 7.65. The molecule has 0 aromatic heterocycles. The number of ether oxygens (including phenoxy) is 1. The summed E-state index contributed by atoms with van der Waals surface area (Å²) in [7, 11) is -2.39. The lowest BCUT2D eigenvalue weighted by atomic mass is 10.2. The van der Waals surface area contributed by atoms with Crippen LogP contribution < -0.4 is 14.8 Å². The topological polar surface area (TPSA) is 84.5 Å². The van der Waals surface area contributed by atoms with Crippen LogP contribution in [0, 0.1) is 6.92 Å². The molecule has 25 heavy (non-hydrogen) atoms. The van der Waals surface area contributed by atoms with Gasteiger partial charge in [-0.2, -0.15) is 0 Å². The fraction of sp³-hybridized carbons (Fsp3) is 0.278. The summed E-state index contributed by atoms with van der Waals surface area (Å²) >= 11 is 0. The first-order chi connectivity index (χ1) is 11.7. The molecule has 0 radical (unpaired) electrons. The summed E-state index contributed by atoms with van der Waals surface area (Å²) in [5, 5.41) is 2.74. The molecule has 1 amide bonds. The number of hydrogen-bond donors (Lipinski definition) is 2. The maximum absolute atomic E-state index is 12.7. The van der Waals surface area contributed by atoms with Crippen LogP contribution in [0.4, 0.5) is 5.69 Å². The minimum Gasteiger partial charge on any atom is -0.495 e. The first-order valence-corrected chi connectivity index (χ1v) is 9.29. The number of sulfonamides is 1. The van der Waals surface area contributed by atoms with E-state index in [9.17, 15) is 13.2 Å². The van der Waals surface area contributed by atoms with Crippen molar-refractivity contribution in [3.8, 4) is 5.75 Å². The van der Waals surface area contributed by atoms with E-state index in [1.165, 1.54) is 25.3 Å². The molecule has 6 nitrogen and oxygen atoms in total. The summed E-state index contributed by atoms with van der Waals surface area (Å²) < 4.78 is 33.1. The summed E-state index contributed by atoms with van der Waals surface area (Å²) in [5.74, 6) is 0.100. The van der Waals surface area contributed by atoms with Crippen LogP contribution in [0.15, 0.2) is 47.4 Å². The normalized spacial score (nSPS) is 11.2. The molecule has 0 aliphatic carbocycles. The van der Waals surface area contributed by atoms with Gasteiger partial charge in [0.1, 0.15) is 5.75 Å². The highest BCUT2D eigenvalue weighted by atomic mass is 32.2. The number of hydrogen-bond acceptors (Lipinski definition) is 4. The molecule has 2 N–H and O–H groups in total. The van der Waals surface area contributed by atoms with E-state index < -0.39 is 10.0 Å². The molecule has 0 saturated carbocycles. The van der Waals surface area contributed by atoms with Gasteiger partial charge < -0.3 is 10.1 Å². The number of benzene rings is 2. The van der Waals surface area contributed by atoms with Crippen LogP contribution in [0.3, 0.4) is 0 Å². The molecule has 2 rings (SSSR count). The van der Waals surface area contributed by atoms with Crippen molar-refractivity contribution in [3.63, 3.8) is 0 Å². The van der Waals surface area contributed by atoms with Gasteiger partial charge in [-0.3, -0.25) is 9.52 Å². The van der Waals surface area contributed by atoms with Crippen molar-refractivity contribution in [2.75, 3.05) is 11.8 Å². The van der Waals surface area contributed by atoms with E-state index in [1.807, 2.05) is 26.8 Å². The summed E-state index contributed by atoms with van der Waals surface area (Å²) in [6.45, 7) is 5.53. The zero-order valence-electron chi connectivity index (χ0n) is 14.7. The Morgan fingerprint density at radius 1 is 1.12 bits per heavy atom. The number of carbonyl (C=O) groups excluding carboxylic acids is 1. The molecule has 0 fully saturated rings. The molecule has 0 aliphatic heterocycles. The van der Waals surface area contributed by atoms with E-state index in [4.69, 9.17) is 4.74 Å². The van der Waals surface area contributed by atoms with E-state index in [2.05, 4.69) is 10.0 Å². The summed E-state index contributed by atoms with van der Waals surface area (Å²) in [6.07, 6.45) is 0. The predicted molar refractivity (Wildman–Crippen MR) is 97.6 cm³/mol. The van der Waals surface area contributed by atoms with Gasteiger partial charge in [-0.05, 0) is 56.7 Å². The largest absolute Gasteiger partial charge is 0.495 e. The van der Waals surface area contributed by atoms with E-state index >= 15 is 0 Å². The van der Waals surface area contributed by atoms with Gasteiger partial charge in [0.25, 0.3) is 15.9 Å². The third-order valence-corrected chi connectivity index (χ3v) is 4.79. The molecule has 0 spiro atoms. The molecular formula is C18H22N2O4S. The van der Waals surface area contributed by atoms with Crippen LogP contribution in [-0.2, 0) is 10.0 Å². The lowest BCUT2D eigenvalue weighted by molar-refractivity contribution is 0.0943. The highest BCUT2D eigenvalue weighted by Crippen LogP contribution is 2.28. The van der Waals surface area contributed by atoms with Crippen molar-refractivity contribution in [3.05, 3.63) is 53.6 Å². The van der Waals surface area contributed by atoms with Gasteiger partial charge in [0.15, 0.2) is 0 Å². The van der Waals surface area contributed by atoms with Gasteiger partial charge in [0, 0.05) is 11.6 Å². The minimum absolute atomic E-state index is 0.00691. The Labute approximate surface area is 148 Å². The summed E-state index contributed by atoms with van der Waals surface area (Å²) in [6, 6.07) is 11.1. The van der Waals surface area contributed by atoms with Gasteiger partial charge in [-0.15, -0.1) is 0 Å². The second-order valence-electron chi connectivity index (χ2n) is 5.97. The maximum Gasteiger partial charge on any atom is 0.262 e. The third-order valence-electron chi connectivity index (χ3n) is 3.43. The number of methoxy groups -OCH3 is 1. The first-order valence-electron chi connectivity index (χ1n) is 7.81. The molecule has 134 valence electrons. The monoisotopic (exact) mass is 362 g/mol. The fourth-order valence-corrected chi connectivity index (χ4v) is 3.36. The Bertz CT molecular complexity index is 876. The second kappa shape index (κ2) is 7.57. The summed E-state index contributed by atoms with van der Waals surface area (Å²) in [5.41, 5.74) is 1.52. The SMILES string of the molecule is COc1ccc(C)cc1NS(=O)(=O)c1cccc(C(=O)NC(C)C)c1. The fourth-order valence-electron chi connectivity index (χ4n) is 2.26. The smallest absolute Gasteiger partial charge is 0.262 e. The molecule has 0 saturated heterocycles. The highest BCUT2D eigenvalue weighted by molar-refractivity contribution is 7.92. The Hall–Kier alpha value is -2.54. The van der Waals surface area contributed by atoms with E-state index in [-0.39, 0.29) is 22.4 Å². The van der Waals surface area contributed by atoms with Gasteiger partial charge in [0.2, 0.25) is 0 Å². The zero-order valence-corrected chi connectivity index (χ0v) is 15.5. The number of carbonyl (C=O) groups is 1. The van der Waals surface area contributed by atoms with Gasteiger partial charge >= 0.3 is 0 Å². The van der Waals surface area contributed by atoms with Crippen molar-refractivity contribution in [1.29, 1.82) is 0 Å². The molecule has 0 unspecified atom stereocenters. The number of aryl methyl sites for hydroxylation is 1. The first kappa shape index (κ1) is 18.8. The standard InChI is InChI=1S/C18H22N2O4S/c1-12(2)19-18(21)14-6-5-7-15(11-14)25(22,23)20-16-10-13(3)8-9-17(16)24-4/h5-12,20H,1-4H3,(H,19,21). The van der Waals surface area contributed by atoms with Crippen LogP contribution in [0.25, 0.3) is 0 Å². The quantitative estimate of drug-likeness (QED) is 0.827. The lowest BCUT2D eigenvalue weighted by Gasteiger charge is -2.13. The third kappa shape index (κ3) is 4.73. The average Bonchev–Trinajstić information content (AvgIpc) is 2.54. The van der Waals surface area contributed by atoms with Crippen LogP contribution in [0.5, 0.6) is 5.75 Å². The van der Waals surface area contributed by atoms with Crippen LogP contribution in [0.1, 0.15) is 29.8 Å². The highest BCUT2D eigenvalue weighted by Gasteiger charge is 2.18. The molecule has 7 heteroatoms. The van der Waals surface area contributed by atoms with Crippen molar-refractivity contribution >= 4 is 21.6 Å². The van der Waals surface area contributed by atoms with E-state index in [0.29, 0.717) is 11.4 Å². The van der Waals surface area contributed by atoms with Crippen molar-refractivity contribution in [2.24, 2.45) is 0 Å². The lowest BCUT2D eigenvalue weighted by Crippen LogP contribution is -2.30. The molecule has 0 atom stereocenters. The molecule has 2 aromatic carbocycles. The molecule has 0 bridgehead atoms. The van der Waals surface area contributed by atoms with E-state index in [0.717, 1.165) is 5.56 Å². The summed E-state index contributed by atoms with van der Waals surface area (Å²) in [4.78, 5) is 12.1. The number of amides is 1.